The lowest BCUT2D eigenvalue weighted by molar-refractivity contribution is 0.0446. The van der Waals surface area contributed by atoms with Crippen LogP contribution in [0, 0.1) is 92.9 Å². The second kappa shape index (κ2) is 34.2. The highest BCUT2D eigenvalue weighted by Gasteiger charge is 2.53. The van der Waals surface area contributed by atoms with Gasteiger partial charge >= 0.3 is 6.01 Å². The van der Waals surface area contributed by atoms with Crippen LogP contribution >= 0.6 is 0 Å². The minimum absolute atomic E-state index is 0.00773. The largest absolute Gasteiger partial charge is 0.472 e. The van der Waals surface area contributed by atoms with E-state index in [-0.39, 0.29) is 72.2 Å². The highest BCUT2D eigenvalue weighted by atomic mass is 16.5. The molecule has 25 heteroatoms. The predicted octanol–water partition coefficient (Wildman–Crippen LogP) is 15.8. The Balaban J connectivity index is 0.000000114. The number of aromatic nitrogens is 11. The molecule has 4 aliphatic heterocycles. The van der Waals surface area contributed by atoms with Crippen LogP contribution in [0.2, 0.25) is 0 Å². The molecule has 0 radical (unpaired) electrons. The summed E-state index contributed by atoms with van der Waals surface area (Å²) < 4.78 is 35.3. The lowest BCUT2D eigenvalue weighted by Crippen LogP contribution is -2.47. The number of nitrogens with zero attached hydrogens (tertiary/aromatic N) is 15. The molecule has 0 spiro atoms. The van der Waals surface area contributed by atoms with Crippen LogP contribution in [0.3, 0.4) is 0 Å². The lowest BCUT2D eigenvalue weighted by Gasteiger charge is -2.33. The highest BCUT2D eigenvalue weighted by Crippen LogP contribution is 2.46. The van der Waals surface area contributed by atoms with Gasteiger partial charge in [-0.2, -0.15) is 0 Å². The molecule has 8 bridgehead atoms. The number of pyridine rings is 5. The minimum Gasteiger partial charge on any atom is -0.472 e. The van der Waals surface area contributed by atoms with Gasteiger partial charge in [0.2, 0.25) is 17.6 Å². The number of fused-ring (bicyclic) bond motifs is 8. The lowest BCUT2D eigenvalue weighted by atomic mass is 9.96. The summed E-state index contributed by atoms with van der Waals surface area (Å²) >= 11 is 0. The van der Waals surface area contributed by atoms with Gasteiger partial charge in [-0.1, -0.05) is 89.2 Å². The van der Waals surface area contributed by atoms with Gasteiger partial charge in [0.15, 0.2) is 5.82 Å². The van der Waals surface area contributed by atoms with E-state index in [1.54, 1.807) is 30.9 Å². The molecule has 9 aromatic heterocycles. The second-order valence-corrected chi connectivity index (χ2v) is 33.3. The summed E-state index contributed by atoms with van der Waals surface area (Å²) in [6, 6.07) is 46.8. The molecular weight excluding hydrogens is 1510 g/mol. The molecule has 20 rings (SSSR count). The molecule has 120 heavy (non-hydrogen) atoms. The van der Waals surface area contributed by atoms with E-state index in [0.717, 1.165) is 155 Å². The molecule has 12 aromatic rings. The van der Waals surface area contributed by atoms with E-state index >= 15 is 0 Å². The molecule has 4 saturated carbocycles. The van der Waals surface area contributed by atoms with Gasteiger partial charge in [0.05, 0.1) is 41.1 Å². The maximum Gasteiger partial charge on any atom is 0.317 e. The van der Waals surface area contributed by atoms with Crippen molar-refractivity contribution in [1.29, 1.82) is 0 Å². The number of rotatable bonds is 16. The van der Waals surface area contributed by atoms with Gasteiger partial charge in [-0.15, -0.1) is 0 Å². The average molecular weight is 1610 g/mol. The topological polar surface area (TPSA) is 286 Å². The highest BCUT2D eigenvalue weighted by molar-refractivity contribution is 6.03. The first-order valence-corrected chi connectivity index (χ1v) is 41.5. The van der Waals surface area contributed by atoms with Crippen LogP contribution in [0.15, 0.2) is 198 Å². The Bertz CT molecular complexity index is 5710. The Kier molecular flexibility index (Phi) is 22.7. The molecule has 4 saturated heterocycles. The van der Waals surface area contributed by atoms with Gasteiger partial charge in [-0.3, -0.25) is 29.1 Å². The summed E-state index contributed by atoms with van der Waals surface area (Å²) in [5.74, 6) is 5.70. The third-order valence-corrected chi connectivity index (χ3v) is 24.4. The van der Waals surface area contributed by atoms with Gasteiger partial charge in [-0.05, 0) is 220 Å². The summed E-state index contributed by atoms with van der Waals surface area (Å²) in [7, 11) is 0. The normalized spacial score (nSPS) is 22.4. The zero-order chi connectivity index (χ0) is 83.0. The number of carbonyl (C=O) groups is 4. The number of ether oxygens (including phenoxy) is 4. The molecule has 8 aliphatic rings. The molecule has 4 amide bonds. The summed E-state index contributed by atoms with van der Waals surface area (Å²) in [4.78, 5) is 102. The molecule has 25 nitrogen and oxygen atoms in total. The van der Waals surface area contributed by atoms with Crippen molar-refractivity contribution in [2.24, 2.45) is 23.7 Å². The van der Waals surface area contributed by atoms with Crippen LogP contribution in [-0.4, -0.2) is 173 Å². The Morgan fingerprint density at radius 1 is 0.375 bits per heavy atom. The third kappa shape index (κ3) is 16.8. The average Bonchev–Trinajstić information content (AvgIpc) is 1.62. The molecule has 12 unspecified atom stereocenters. The zero-order valence-electron chi connectivity index (χ0n) is 69.1. The first kappa shape index (κ1) is 79.5. The number of hydrogen-bond donors (Lipinski definition) is 0. The number of benzene rings is 3. The van der Waals surface area contributed by atoms with Crippen molar-refractivity contribution in [2.75, 3.05) is 26.2 Å². The van der Waals surface area contributed by atoms with E-state index in [4.69, 9.17) is 28.0 Å². The summed E-state index contributed by atoms with van der Waals surface area (Å²) in [6.07, 6.45) is 19.8. The molecule has 3 aromatic carbocycles. The van der Waals surface area contributed by atoms with Crippen molar-refractivity contribution in [1.82, 2.24) is 74.8 Å². The maximum atomic E-state index is 13.6. The Hall–Kier alpha value is -12.9. The van der Waals surface area contributed by atoms with Crippen molar-refractivity contribution in [2.45, 2.75) is 169 Å². The predicted molar refractivity (Wildman–Crippen MR) is 449 cm³/mol. The quantitative estimate of drug-likeness (QED) is 0.0868. The summed E-state index contributed by atoms with van der Waals surface area (Å²) in [5, 5.41) is 8.17. The van der Waals surface area contributed by atoms with Crippen LogP contribution < -0.4 is 18.9 Å². The van der Waals surface area contributed by atoms with E-state index in [9.17, 15) is 19.2 Å². The van der Waals surface area contributed by atoms with Crippen molar-refractivity contribution in [3.8, 4) is 68.7 Å². The summed E-state index contributed by atoms with van der Waals surface area (Å²) in [6.45, 7) is 22.5. The van der Waals surface area contributed by atoms with E-state index in [1.807, 2.05) is 247 Å². The fourth-order valence-electron chi connectivity index (χ4n) is 19.0. The number of piperidine rings is 4. The van der Waals surface area contributed by atoms with Crippen molar-refractivity contribution < 1.29 is 47.2 Å². The molecule has 4 aliphatic carbocycles. The van der Waals surface area contributed by atoms with E-state index in [0.29, 0.717) is 93.3 Å². The van der Waals surface area contributed by atoms with Gasteiger partial charge in [0, 0.05) is 139 Å². The van der Waals surface area contributed by atoms with Gasteiger partial charge in [0.1, 0.15) is 47.3 Å². The van der Waals surface area contributed by atoms with Crippen LogP contribution in [-0.2, 0) is 0 Å². The monoisotopic (exact) mass is 1610 g/mol. The smallest absolute Gasteiger partial charge is 0.317 e. The molecule has 612 valence electrons. The van der Waals surface area contributed by atoms with Gasteiger partial charge in [0.25, 0.3) is 23.6 Å². The molecule has 0 N–H and O–H groups in total. The number of aryl methyl sites for hydroxylation is 10. The molecular formula is C95H97N15O10. The van der Waals surface area contributed by atoms with Crippen LogP contribution in [0.4, 0.5) is 0 Å². The third-order valence-electron chi connectivity index (χ3n) is 24.4. The van der Waals surface area contributed by atoms with Crippen LogP contribution in [0.25, 0.3) is 45.0 Å². The second-order valence-electron chi connectivity index (χ2n) is 33.3. The summed E-state index contributed by atoms with van der Waals surface area (Å²) in [5.41, 5.74) is 16.0. The standard InChI is InChI=1S/C25H25N3O2.C24H25N3O3.C23H24N6O2.C23H23N3O3/c1-16-9-10-23(27-14-16)30-22-13-18-12-21(22)28(15-18)25(29)20-8-4-3-7-19(20)24-17(2)6-5-11-26-24;1-14-8-9-22(25-12-14)29-21-11-17-10-20(21)27(13-17)24(28)19-7-5-4-6-18(19)23-15(2)26-30-16(23)3;1-13-7-17(21-24-5-4-6-25-21)20(26-11-13)22(30)29-12-16-9-18(29)19(10-16)31-23-27-14(2)8-15(3)28-23;1-14-7-8-22(24-12-14)28-21-11-16-10-20(21)26(13-16)23(27)18-6-4-3-5-17(18)19-9-15(2)29-25-19/h3-11,14,18,21-22H,12-13,15H2,1-2H3;4-9,12,17,20-21H,10-11,13H2,1-3H3;4-8,11,16,18-19H,9-10,12H2,1-3H3;3-9,12,16,20-21H,10-11,13H2,1-2H3. The van der Waals surface area contributed by atoms with Crippen molar-refractivity contribution in [3.05, 3.63) is 268 Å². The molecule has 13 heterocycles. The van der Waals surface area contributed by atoms with E-state index in [1.165, 1.54) is 0 Å². The maximum absolute atomic E-state index is 13.6. The Morgan fingerprint density at radius 3 is 1.25 bits per heavy atom. The SMILES string of the molecule is Cc1ccc(OC2CC3CC2N(C(=O)c2ccccc2-c2c(C)noc2C)C3)nc1.Cc1ccc(OC2CC3CC2N(C(=O)c2ccccc2-c2cc(C)on2)C3)nc1.Cc1ccc(OC2CC3CC2N(C(=O)c2ccccc2-c2ncccc2C)C3)nc1.Cc1cnc(C(=O)N2CC3CC(Oc4nc(C)cc(C)n4)C2C3)c(-c2ncccn2)c1. The van der Waals surface area contributed by atoms with E-state index in [2.05, 4.69) is 55.2 Å². The van der Waals surface area contributed by atoms with Crippen molar-refractivity contribution >= 4 is 23.6 Å². The Morgan fingerprint density at radius 2 is 0.808 bits per heavy atom. The van der Waals surface area contributed by atoms with Crippen LogP contribution in [0.5, 0.6) is 23.7 Å². The Labute approximate surface area is 697 Å². The zero-order valence-corrected chi connectivity index (χ0v) is 69.1. The molecule has 8 fully saturated rings. The van der Waals surface area contributed by atoms with Gasteiger partial charge in [-0.25, -0.2) is 34.9 Å². The number of carbonyl (C=O) groups excluding carboxylic acids is 4. The van der Waals surface area contributed by atoms with Gasteiger partial charge < -0.3 is 47.6 Å². The first-order chi connectivity index (χ1) is 58.2. The number of likely N-dealkylation sites (tertiary alicyclic amines) is 4. The fourth-order valence-corrected chi connectivity index (χ4v) is 19.0. The minimum atomic E-state index is -0.120. The number of amides is 4. The first-order valence-electron chi connectivity index (χ1n) is 41.5. The van der Waals surface area contributed by atoms with E-state index < -0.39 is 0 Å². The van der Waals surface area contributed by atoms with Crippen LogP contribution in [0.1, 0.15) is 149 Å². The number of hydrogen-bond acceptors (Lipinski definition) is 21. The van der Waals surface area contributed by atoms with Crippen molar-refractivity contribution in [3.63, 3.8) is 0 Å². The molecule has 12 atom stereocenters. The fraction of sp³-hybridized carbons (Fsp3) is 0.358.